The fourth-order valence-electron chi connectivity index (χ4n) is 3.38. The number of benzene rings is 3. The number of rotatable bonds is 0. The van der Waals surface area contributed by atoms with Crippen molar-refractivity contribution in [1.82, 2.24) is 4.57 Å². The van der Waals surface area contributed by atoms with Gasteiger partial charge in [0.25, 0.3) is 0 Å². The Morgan fingerprint density at radius 3 is 2.00 bits per heavy atom. The Morgan fingerprint density at radius 1 is 0.667 bits per heavy atom. The molecule has 0 spiro atoms. The molecule has 0 bridgehead atoms. The van der Waals surface area contributed by atoms with Crippen molar-refractivity contribution in [2.75, 3.05) is 0 Å². The minimum atomic E-state index is 0.0593. The second-order valence-corrected chi connectivity index (χ2v) is 6.74. The second kappa shape index (κ2) is 4.11. The number of hydrogen-bond acceptors (Lipinski definition) is 0. The van der Waals surface area contributed by atoms with Gasteiger partial charge in [-0.15, -0.1) is 0 Å². The number of nitrogens with zero attached hydrogens (tertiary/aromatic N) is 1. The monoisotopic (exact) mass is 273 g/mol. The van der Waals surface area contributed by atoms with Gasteiger partial charge in [-0.1, -0.05) is 42.5 Å². The van der Waals surface area contributed by atoms with E-state index in [0.717, 1.165) is 0 Å². The molecule has 0 amide bonds. The zero-order chi connectivity index (χ0) is 14.6. The third-order valence-corrected chi connectivity index (χ3v) is 4.21. The first kappa shape index (κ1) is 12.5. The summed E-state index contributed by atoms with van der Waals surface area (Å²) < 4.78 is 2.46. The van der Waals surface area contributed by atoms with Gasteiger partial charge < -0.3 is 4.57 Å². The number of hydrogen-bond donors (Lipinski definition) is 0. The molecule has 0 N–H and O–H groups in total. The predicted octanol–water partition coefficient (Wildman–Crippen LogP) is 5.70. The van der Waals surface area contributed by atoms with Crippen LogP contribution in [0.1, 0.15) is 20.8 Å². The van der Waals surface area contributed by atoms with E-state index in [9.17, 15) is 0 Å². The minimum absolute atomic E-state index is 0.0593. The molecule has 1 aromatic heterocycles. The molecule has 21 heavy (non-hydrogen) atoms. The zero-order valence-corrected chi connectivity index (χ0v) is 12.7. The Balaban J connectivity index is 2.29. The van der Waals surface area contributed by atoms with Crippen molar-refractivity contribution in [2.24, 2.45) is 0 Å². The minimum Gasteiger partial charge on any atom is -0.335 e. The predicted molar refractivity (Wildman–Crippen MR) is 91.9 cm³/mol. The third-order valence-electron chi connectivity index (χ3n) is 4.21. The van der Waals surface area contributed by atoms with Gasteiger partial charge in [-0.25, -0.2) is 0 Å². The van der Waals surface area contributed by atoms with Crippen LogP contribution in [0.3, 0.4) is 0 Å². The molecular formula is C20H19N. The molecule has 104 valence electrons. The molecule has 0 aliphatic heterocycles. The molecule has 1 nitrogen and oxygen atoms in total. The summed E-state index contributed by atoms with van der Waals surface area (Å²) in [5, 5.41) is 5.30. The highest BCUT2D eigenvalue weighted by atomic mass is 15.0. The lowest BCUT2D eigenvalue weighted by Crippen LogP contribution is -2.21. The van der Waals surface area contributed by atoms with Gasteiger partial charge in [0.15, 0.2) is 0 Å². The number of para-hydroxylation sites is 1. The average molecular weight is 273 g/mol. The molecular weight excluding hydrogens is 254 g/mol. The van der Waals surface area contributed by atoms with Crippen molar-refractivity contribution in [2.45, 2.75) is 26.3 Å². The highest BCUT2D eigenvalue weighted by molar-refractivity contribution is 6.12. The van der Waals surface area contributed by atoms with Crippen molar-refractivity contribution in [3.63, 3.8) is 0 Å². The van der Waals surface area contributed by atoms with Crippen molar-refractivity contribution in [3.8, 4) is 0 Å². The first-order chi connectivity index (χ1) is 10.1. The van der Waals surface area contributed by atoms with Crippen molar-refractivity contribution in [1.29, 1.82) is 0 Å². The molecule has 0 saturated carbocycles. The van der Waals surface area contributed by atoms with E-state index < -0.39 is 0 Å². The van der Waals surface area contributed by atoms with E-state index in [1.807, 2.05) is 0 Å². The van der Waals surface area contributed by atoms with E-state index in [-0.39, 0.29) is 5.54 Å². The lowest BCUT2D eigenvalue weighted by molar-refractivity contribution is 0.423. The summed E-state index contributed by atoms with van der Waals surface area (Å²) in [6.07, 6.45) is 0. The Bertz CT molecular complexity index is 968. The molecule has 0 aliphatic rings. The number of aromatic nitrogens is 1. The highest BCUT2D eigenvalue weighted by Gasteiger charge is 2.20. The molecule has 3 aromatic carbocycles. The maximum Gasteiger partial charge on any atom is 0.0502 e. The van der Waals surface area contributed by atoms with E-state index >= 15 is 0 Å². The van der Waals surface area contributed by atoms with Gasteiger partial charge in [-0.2, -0.15) is 0 Å². The second-order valence-electron chi connectivity index (χ2n) is 6.74. The summed E-state index contributed by atoms with van der Waals surface area (Å²) >= 11 is 0. The molecule has 1 heteroatoms. The summed E-state index contributed by atoms with van der Waals surface area (Å²) in [5.41, 5.74) is 2.70. The maximum absolute atomic E-state index is 2.46. The van der Waals surface area contributed by atoms with Crippen molar-refractivity contribution >= 4 is 32.6 Å². The largest absolute Gasteiger partial charge is 0.335 e. The third kappa shape index (κ3) is 1.77. The lowest BCUT2D eigenvalue weighted by Gasteiger charge is -2.24. The van der Waals surface area contributed by atoms with Gasteiger partial charge in [0.2, 0.25) is 0 Å². The average Bonchev–Trinajstić information content (AvgIpc) is 2.78. The summed E-state index contributed by atoms with van der Waals surface area (Å²) in [6, 6.07) is 22.0. The van der Waals surface area contributed by atoms with Gasteiger partial charge in [0.1, 0.15) is 0 Å². The quantitative estimate of drug-likeness (QED) is 0.387. The summed E-state index contributed by atoms with van der Waals surface area (Å²) in [4.78, 5) is 0. The molecule has 0 radical (unpaired) electrons. The van der Waals surface area contributed by atoms with Crippen LogP contribution in [-0.2, 0) is 5.54 Å². The van der Waals surface area contributed by atoms with Crippen LogP contribution in [-0.4, -0.2) is 4.57 Å². The van der Waals surface area contributed by atoms with Crippen molar-refractivity contribution < 1.29 is 0 Å². The molecule has 0 aliphatic carbocycles. The van der Waals surface area contributed by atoms with Gasteiger partial charge in [0.05, 0.1) is 5.52 Å². The van der Waals surface area contributed by atoms with Crippen LogP contribution >= 0.6 is 0 Å². The zero-order valence-electron chi connectivity index (χ0n) is 12.7. The van der Waals surface area contributed by atoms with Crippen LogP contribution < -0.4 is 0 Å². The molecule has 0 fully saturated rings. The van der Waals surface area contributed by atoms with Crippen LogP contribution in [0.4, 0.5) is 0 Å². The normalized spacial score (nSPS) is 12.5. The Morgan fingerprint density at radius 2 is 1.29 bits per heavy atom. The first-order valence-corrected chi connectivity index (χ1v) is 7.48. The van der Waals surface area contributed by atoms with Crippen LogP contribution in [0.5, 0.6) is 0 Å². The standard InChI is InChI=1S/C20H19N/c1-20(2,3)21-18-11-7-6-10-16(18)17-12-14-8-4-5-9-15(14)13-19(17)21/h4-13H,1-3H3. The summed E-state index contributed by atoms with van der Waals surface area (Å²) in [6.45, 7) is 6.82. The van der Waals surface area contributed by atoms with Gasteiger partial charge >= 0.3 is 0 Å². The van der Waals surface area contributed by atoms with Gasteiger partial charge in [-0.3, -0.25) is 0 Å². The molecule has 1 heterocycles. The Kier molecular flexibility index (Phi) is 2.44. The van der Waals surface area contributed by atoms with E-state index in [2.05, 4.69) is 86.0 Å². The molecule has 0 unspecified atom stereocenters. The lowest BCUT2D eigenvalue weighted by atomic mass is 10.1. The topological polar surface area (TPSA) is 4.93 Å². The van der Waals surface area contributed by atoms with Gasteiger partial charge in [-0.05, 0) is 49.7 Å². The molecule has 4 aromatic rings. The summed E-state index contributed by atoms with van der Waals surface area (Å²) in [7, 11) is 0. The first-order valence-electron chi connectivity index (χ1n) is 7.48. The van der Waals surface area contributed by atoms with Crippen molar-refractivity contribution in [3.05, 3.63) is 60.7 Å². The maximum atomic E-state index is 2.46. The van der Waals surface area contributed by atoms with E-state index in [1.54, 1.807) is 0 Å². The van der Waals surface area contributed by atoms with E-state index in [0.29, 0.717) is 0 Å². The molecule has 0 atom stereocenters. The van der Waals surface area contributed by atoms with Gasteiger partial charge in [0, 0.05) is 21.8 Å². The van der Waals surface area contributed by atoms with Crippen LogP contribution in [0.15, 0.2) is 60.7 Å². The Labute approximate surface area is 124 Å². The summed E-state index contributed by atoms with van der Waals surface area (Å²) in [5.74, 6) is 0. The van der Waals surface area contributed by atoms with Crippen LogP contribution in [0.2, 0.25) is 0 Å². The highest BCUT2D eigenvalue weighted by Crippen LogP contribution is 2.36. The fourth-order valence-corrected chi connectivity index (χ4v) is 3.38. The smallest absolute Gasteiger partial charge is 0.0502 e. The van der Waals surface area contributed by atoms with E-state index in [1.165, 1.54) is 32.6 Å². The Hall–Kier alpha value is -2.28. The SMILES string of the molecule is CC(C)(C)n1c2ccccc2c2cc3ccccc3cc21. The number of fused-ring (bicyclic) bond motifs is 4. The van der Waals surface area contributed by atoms with Crippen LogP contribution in [0.25, 0.3) is 32.6 Å². The fraction of sp³-hybridized carbons (Fsp3) is 0.200. The molecule has 4 rings (SSSR count). The van der Waals surface area contributed by atoms with Crippen LogP contribution in [0, 0.1) is 0 Å². The van der Waals surface area contributed by atoms with E-state index in [4.69, 9.17) is 0 Å². The molecule has 0 saturated heterocycles.